The normalized spacial score (nSPS) is 16.0. The molecule has 1 fully saturated rings. The molecular weight excluding hydrogens is 294 g/mol. The van der Waals surface area contributed by atoms with Crippen molar-refractivity contribution in [2.24, 2.45) is 0 Å². The first-order chi connectivity index (χ1) is 11.2. The van der Waals surface area contributed by atoms with E-state index in [0.717, 1.165) is 25.7 Å². The Morgan fingerprint density at radius 1 is 1.22 bits per heavy atom. The topological polar surface area (TPSA) is 68.5 Å². The van der Waals surface area contributed by atoms with Gasteiger partial charge in [-0.15, -0.1) is 0 Å². The zero-order valence-electron chi connectivity index (χ0n) is 13.3. The maximum absolute atomic E-state index is 12.4. The van der Waals surface area contributed by atoms with Gasteiger partial charge in [0, 0.05) is 11.4 Å². The lowest BCUT2D eigenvalue weighted by Crippen LogP contribution is -2.36. The maximum atomic E-state index is 12.4. The van der Waals surface area contributed by atoms with E-state index in [1.807, 2.05) is 0 Å². The number of nitrogens with one attached hydrogen (secondary N) is 1. The lowest BCUT2D eigenvalue weighted by atomic mass is 10.1. The number of carbonyl (C=O) groups is 1. The van der Waals surface area contributed by atoms with Gasteiger partial charge < -0.3 is 14.5 Å². The van der Waals surface area contributed by atoms with Crippen LogP contribution < -0.4 is 15.7 Å². The van der Waals surface area contributed by atoms with Gasteiger partial charge in [0.25, 0.3) is 5.91 Å². The van der Waals surface area contributed by atoms with Gasteiger partial charge in [-0.25, -0.2) is 4.79 Å². The average Bonchev–Trinajstić information content (AvgIpc) is 2.82. The summed E-state index contributed by atoms with van der Waals surface area (Å²) in [5.74, 6) is 0.130. The van der Waals surface area contributed by atoms with Crippen LogP contribution in [-0.2, 0) is 0 Å². The highest BCUT2D eigenvalue weighted by Crippen LogP contribution is 2.24. The van der Waals surface area contributed by atoms with Crippen LogP contribution in [0.3, 0.4) is 0 Å². The van der Waals surface area contributed by atoms with Crippen LogP contribution in [0.1, 0.15) is 48.9 Å². The minimum atomic E-state index is -0.631. The molecule has 2 aromatic rings. The molecule has 0 bridgehead atoms. The number of hydrogen-bond donors (Lipinski definition) is 1. The minimum Gasteiger partial charge on any atom is -0.493 e. The smallest absolute Gasteiger partial charge is 0.349 e. The van der Waals surface area contributed by atoms with Gasteiger partial charge in [-0.1, -0.05) is 37.8 Å². The van der Waals surface area contributed by atoms with Crippen molar-refractivity contribution in [3.05, 3.63) is 40.2 Å². The van der Waals surface area contributed by atoms with E-state index in [4.69, 9.17) is 9.15 Å². The summed E-state index contributed by atoms with van der Waals surface area (Å²) in [5.41, 5.74) is -0.214. The van der Waals surface area contributed by atoms with E-state index in [2.05, 4.69) is 5.32 Å². The number of fused-ring (bicyclic) bond motifs is 1. The molecule has 5 nitrogen and oxygen atoms in total. The molecule has 1 aromatic carbocycles. The Labute approximate surface area is 134 Å². The average molecular weight is 315 g/mol. The number of para-hydroxylation sites is 1. The number of amides is 1. The summed E-state index contributed by atoms with van der Waals surface area (Å²) in [7, 11) is 1.52. The summed E-state index contributed by atoms with van der Waals surface area (Å²) in [5, 5.41) is 3.65. The van der Waals surface area contributed by atoms with E-state index < -0.39 is 5.63 Å². The summed E-state index contributed by atoms with van der Waals surface area (Å²) in [6.45, 7) is 0. The number of ether oxygens (including phenoxy) is 1. The first-order valence-corrected chi connectivity index (χ1v) is 8.11. The van der Waals surface area contributed by atoms with Crippen molar-refractivity contribution < 1.29 is 13.9 Å². The fraction of sp³-hybridized carbons (Fsp3) is 0.444. The van der Waals surface area contributed by atoms with Crippen LogP contribution in [0.4, 0.5) is 0 Å². The third-order valence-electron chi connectivity index (χ3n) is 4.38. The molecule has 0 unspecified atom stereocenters. The van der Waals surface area contributed by atoms with Gasteiger partial charge in [-0.05, 0) is 25.0 Å². The standard InChI is InChI=1S/C18H21NO4/c1-22-15-10-6-7-12-11-14(18(21)23-16(12)15)17(20)19-13-8-4-2-3-5-9-13/h6-7,10-11,13H,2-5,8-9H2,1H3,(H,19,20). The predicted molar refractivity (Wildman–Crippen MR) is 88.0 cm³/mol. The van der Waals surface area contributed by atoms with E-state index in [-0.39, 0.29) is 17.5 Å². The minimum absolute atomic E-state index is 0.0509. The van der Waals surface area contributed by atoms with E-state index in [0.29, 0.717) is 16.7 Å². The van der Waals surface area contributed by atoms with Crippen molar-refractivity contribution in [1.82, 2.24) is 5.32 Å². The van der Waals surface area contributed by atoms with E-state index in [9.17, 15) is 9.59 Å². The summed E-state index contributed by atoms with van der Waals surface area (Å²) in [4.78, 5) is 24.6. The van der Waals surface area contributed by atoms with Crippen LogP contribution in [0.15, 0.2) is 33.5 Å². The molecule has 0 spiro atoms. The van der Waals surface area contributed by atoms with Gasteiger partial charge >= 0.3 is 5.63 Å². The van der Waals surface area contributed by atoms with E-state index in [1.165, 1.54) is 20.0 Å². The second-order valence-electron chi connectivity index (χ2n) is 5.99. The Morgan fingerprint density at radius 3 is 2.65 bits per heavy atom. The molecule has 0 aliphatic heterocycles. The van der Waals surface area contributed by atoms with Crippen molar-refractivity contribution in [3.8, 4) is 5.75 Å². The Bertz CT molecular complexity index is 757. The second kappa shape index (κ2) is 6.86. The van der Waals surface area contributed by atoms with Crippen molar-refractivity contribution >= 4 is 16.9 Å². The number of hydrogen-bond acceptors (Lipinski definition) is 4. The molecule has 0 atom stereocenters. The maximum Gasteiger partial charge on any atom is 0.349 e. The monoisotopic (exact) mass is 315 g/mol. The molecular formula is C18H21NO4. The van der Waals surface area contributed by atoms with Gasteiger partial charge in [0.05, 0.1) is 7.11 Å². The summed E-state index contributed by atoms with van der Waals surface area (Å²) in [6.07, 6.45) is 6.61. The first kappa shape index (κ1) is 15.6. The second-order valence-corrected chi connectivity index (χ2v) is 5.99. The largest absolute Gasteiger partial charge is 0.493 e. The van der Waals surface area contributed by atoms with Gasteiger partial charge in [-0.3, -0.25) is 4.79 Å². The quantitative estimate of drug-likeness (QED) is 0.697. The van der Waals surface area contributed by atoms with Gasteiger partial charge in [0.1, 0.15) is 5.56 Å². The van der Waals surface area contributed by atoms with Crippen molar-refractivity contribution in [1.29, 1.82) is 0 Å². The van der Waals surface area contributed by atoms with Crippen LogP contribution >= 0.6 is 0 Å². The molecule has 1 N–H and O–H groups in total. The van der Waals surface area contributed by atoms with Crippen molar-refractivity contribution in [3.63, 3.8) is 0 Å². The molecule has 1 aromatic heterocycles. The Kier molecular flexibility index (Phi) is 4.65. The molecule has 1 amide bonds. The molecule has 3 rings (SSSR count). The van der Waals surface area contributed by atoms with E-state index >= 15 is 0 Å². The van der Waals surface area contributed by atoms with Gasteiger partial charge in [0.15, 0.2) is 11.3 Å². The summed E-state index contributed by atoms with van der Waals surface area (Å²) >= 11 is 0. The number of carbonyl (C=O) groups excluding carboxylic acids is 1. The third-order valence-corrected chi connectivity index (χ3v) is 4.38. The molecule has 23 heavy (non-hydrogen) atoms. The third kappa shape index (κ3) is 3.38. The van der Waals surface area contributed by atoms with Crippen LogP contribution in [-0.4, -0.2) is 19.1 Å². The van der Waals surface area contributed by atoms with Crippen LogP contribution in [0.5, 0.6) is 5.75 Å². The molecule has 0 radical (unpaired) electrons. The Balaban J connectivity index is 1.88. The van der Waals surface area contributed by atoms with Crippen molar-refractivity contribution in [2.45, 2.75) is 44.6 Å². The fourth-order valence-corrected chi connectivity index (χ4v) is 3.12. The molecule has 5 heteroatoms. The lowest BCUT2D eigenvalue weighted by Gasteiger charge is -2.15. The zero-order valence-corrected chi connectivity index (χ0v) is 13.3. The highest BCUT2D eigenvalue weighted by Gasteiger charge is 2.19. The molecule has 122 valence electrons. The van der Waals surface area contributed by atoms with Crippen LogP contribution in [0.2, 0.25) is 0 Å². The van der Waals surface area contributed by atoms with Gasteiger partial charge in [0.2, 0.25) is 0 Å². The summed E-state index contributed by atoms with van der Waals surface area (Å²) < 4.78 is 10.5. The fourth-order valence-electron chi connectivity index (χ4n) is 3.12. The zero-order chi connectivity index (χ0) is 16.2. The molecule has 1 aliphatic carbocycles. The molecule has 0 saturated heterocycles. The molecule has 1 heterocycles. The first-order valence-electron chi connectivity index (χ1n) is 8.11. The number of benzene rings is 1. The highest BCUT2D eigenvalue weighted by molar-refractivity contribution is 5.97. The predicted octanol–water partition coefficient (Wildman–Crippen LogP) is 3.25. The van der Waals surface area contributed by atoms with Crippen LogP contribution in [0, 0.1) is 0 Å². The van der Waals surface area contributed by atoms with Gasteiger partial charge in [-0.2, -0.15) is 0 Å². The lowest BCUT2D eigenvalue weighted by molar-refractivity contribution is 0.0930. The van der Waals surface area contributed by atoms with E-state index in [1.54, 1.807) is 24.3 Å². The van der Waals surface area contributed by atoms with Crippen molar-refractivity contribution in [2.75, 3.05) is 7.11 Å². The number of rotatable bonds is 3. The Hall–Kier alpha value is -2.30. The van der Waals surface area contributed by atoms with Crippen LogP contribution in [0.25, 0.3) is 11.0 Å². The molecule has 1 saturated carbocycles. The highest BCUT2D eigenvalue weighted by atomic mass is 16.5. The number of methoxy groups -OCH3 is 1. The SMILES string of the molecule is COc1cccc2cc(C(=O)NC3CCCCCC3)c(=O)oc12. The molecule has 1 aliphatic rings. The Morgan fingerprint density at radius 2 is 1.96 bits per heavy atom. The summed E-state index contributed by atoms with van der Waals surface area (Å²) in [6, 6.07) is 7.04.